The summed E-state index contributed by atoms with van der Waals surface area (Å²) in [5, 5.41) is 59.5. The summed E-state index contributed by atoms with van der Waals surface area (Å²) >= 11 is 0. The van der Waals surface area contributed by atoms with E-state index in [2.05, 4.69) is 0 Å². The zero-order valence-corrected chi connectivity index (χ0v) is 17.5. The number of rotatable bonds is 5. The smallest absolute Gasteiger partial charge is 0.229 e. The van der Waals surface area contributed by atoms with Gasteiger partial charge in [0.2, 0.25) is 6.29 Å². The summed E-state index contributed by atoms with van der Waals surface area (Å²) < 4.78 is 21.9. The molecule has 0 spiro atoms. The molecule has 0 aliphatic carbocycles. The second-order valence-corrected chi connectivity index (χ2v) is 7.80. The lowest BCUT2D eigenvalue weighted by molar-refractivity contribution is -0.277. The van der Waals surface area contributed by atoms with Crippen molar-refractivity contribution in [1.29, 1.82) is 0 Å². The van der Waals surface area contributed by atoms with Gasteiger partial charge in [-0.25, -0.2) is 0 Å². The van der Waals surface area contributed by atoms with Crippen LogP contribution in [0.25, 0.3) is 0 Å². The van der Waals surface area contributed by atoms with Gasteiger partial charge < -0.3 is 49.6 Å². The molecule has 0 saturated carbocycles. The number of carbonyl (C=O) groups is 1. The Balaban J connectivity index is 1.60. The Kier molecular flexibility index (Phi) is 6.32. The number of phenolic OH excluding ortho intramolecular Hbond substituents is 2. The Hall–Kier alpha value is -3.09. The SMILES string of the molecule is COc1cc([C@@H]2CC(=O)c3c(O)cc(O[C@@H]4O[C@H](CO)[C@@H](O)[C@H](O)[C@H]4O)cc3O2)ccc1O. The Morgan fingerprint density at radius 3 is 2.48 bits per heavy atom. The van der Waals surface area contributed by atoms with Crippen molar-refractivity contribution in [1.82, 2.24) is 0 Å². The summed E-state index contributed by atoms with van der Waals surface area (Å²) in [6, 6.07) is 6.97. The molecule has 2 aromatic rings. The van der Waals surface area contributed by atoms with Crippen molar-refractivity contribution in [2.45, 2.75) is 43.2 Å². The lowest BCUT2D eigenvalue weighted by atomic mass is 9.95. The number of ether oxygens (including phenoxy) is 4. The largest absolute Gasteiger partial charge is 0.507 e. The number of aliphatic hydroxyl groups is 4. The standard InChI is InChI=1S/C22H24O11/c1-30-15-4-9(2-3-11(15)24)14-7-13(26)18-12(25)5-10(6-16(18)32-14)31-22-21(29)20(28)19(27)17(8-23)33-22/h2-6,14,17,19-25,27-29H,7-8H2,1H3/t14-,17+,19+,20-,21+,22+/m0/s1. The molecule has 0 amide bonds. The molecule has 11 nitrogen and oxygen atoms in total. The second-order valence-electron chi connectivity index (χ2n) is 7.80. The third-order valence-corrected chi connectivity index (χ3v) is 5.65. The molecule has 11 heteroatoms. The van der Waals surface area contributed by atoms with E-state index in [1.165, 1.54) is 25.3 Å². The van der Waals surface area contributed by atoms with Crippen LogP contribution in [0.1, 0.15) is 28.4 Å². The quantitative estimate of drug-likeness (QED) is 0.351. The minimum Gasteiger partial charge on any atom is -0.507 e. The summed E-state index contributed by atoms with van der Waals surface area (Å²) in [7, 11) is 1.39. The van der Waals surface area contributed by atoms with Crippen molar-refractivity contribution >= 4 is 5.78 Å². The van der Waals surface area contributed by atoms with Gasteiger partial charge >= 0.3 is 0 Å². The number of Topliss-reactive ketones (excluding diaryl/α,β-unsaturated/α-hetero) is 1. The van der Waals surface area contributed by atoms with E-state index in [0.717, 1.165) is 6.07 Å². The fourth-order valence-electron chi connectivity index (χ4n) is 3.86. The minimum absolute atomic E-state index is 0.0166. The van der Waals surface area contributed by atoms with E-state index >= 15 is 0 Å². The van der Waals surface area contributed by atoms with Crippen LogP contribution in [0.3, 0.4) is 0 Å². The van der Waals surface area contributed by atoms with Crippen LogP contribution >= 0.6 is 0 Å². The molecular weight excluding hydrogens is 440 g/mol. The van der Waals surface area contributed by atoms with Gasteiger partial charge in [0.05, 0.1) is 20.1 Å². The van der Waals surface area contributed by atoms with Crippen LogP contribution < -0.4 is 14.2 Å². The normalized spacial score (nSPS) is 29.2. The molecule has 2 aliphatic rings. The van der Waals surface area contributed by atoms with Crippen molar-refractivity contribution in [3.8, 4) is 28.7 Å². The molecule has 178 valence electrons. The summed E-state index contributed by atoms with van der Waals surface area (Å²) in [5.74, 6) is -0.701. The fourth-order valence-corrected chi connectivity index (χ4v) is 3.86. The van der Waals surface area contributed by atoms with Crippen molar-refractivity contribution < 1.29 is 54.4 Å². The van der Waals surface area contributed by atoms with Gasteiger partial charge in [-0.3, -0.25) is 4.79 Å². The van der Waals surface area contributed by atoms with Crippen LogP contribution in [0.2, 0.25) is 0 Å². The molecule has 6 atom stereocenters. The summed E-state index contributed by atoms with van der Waals surface area (Å²) in [4.78, 5) is 12.7. The first-order valence-electron chi connectivity index (χ1n) is 10.1. The Morgan fingerprint density at radius 1 is 1.03 bits per heavy atom. The van der Waals surface area contributed by atoms with Crippen LogP contribution in [0.5, 0.6) is 28.7 Å². The lowest BCUT2D eigenvalue weighted by Crippen LogP contribution is -2.60. The molecule has 6 N–H and O–H groups in total. The third-order valence-electron chi connectivity index (χ3n) is 5.65. The molecule has 0 unspecified atom stereocenters. The maximum Gasteiger partial charge on any atom is 0.229 e. The monoisotopic (exact) mass is 464 g/mol. The van der Waals surface area contributed by atoms with Crippen LogP contribution in [0.15, 0.2) is 30.3 Å². The first-order valence-corrected chi connectivity index (χ1v) is 10.1. The summed E-state index contributed by atoms with van der Waals surface area (Å²) in [6.07, 6.45) is -8.30. The number of aromatic hydroxyl groups is 2. The number of methoxy groups -OCH3 is 1. The van der Waals surface area contributed by atoms with Crippen LogP contribution in [-0.2, 0) is 4.74 Å². The zero-order valence-electron chi connectivity index (χ0n) is 17.5. The van der Waals surface area contributed by atoms with E-state index in [1.54, 1.807) is 6.07 Å². The molecule has 0 bridgehead atoms. The number of carbonyl (C=O) groups excluding carboxylic acids is 1. The topological polar surface area (TPSA) is 175 Å². The fraction of sp³-hybridized carbons (Fsp3) is 0.409. The van der Waals surface area contributed by atoms with Crippen molar-refractivity contribution in [2.24, 2.45) is 0 Å². The van der Waals surface area contributed by atoms with Crippen LogP contribution in [0.4, 0.5) is 0 Å². The molecule has 33 heavy (non-hydrogen) atoms. The van der Waals surface area contributed by atoms with E-state index in [1.807, 2.05) is 0 Å². The second kappa shape index (κ2) is 9.04. The summed E-state index contributed by atoms with van der Waals surface area (Å²) in [6.45, 7) is -0.629. The number of ketones is 1. The zero-order chi connectivity index (χ0) is 23.9. The molecule has 0 radical (unpaired) electrons. The predicted molar refractivity (Wildman–Crippen MR) is 109 cm³/mol. The van der Waals surface area contributed by atoms with Gasteiger partial charge in [0, 0.05) is 12.1 Å². The predicted octanol–water partition coefficient (Wildman–Crippen LogP) is -0.00840. The molecule has 2 aliphatic heterocycles. The van der Waals surface area contributed by atoms with E-state index < -0.39 is 49.2 Å². The van der Waals surface area contributed by atoms with Gasteiger partial charge in [-0.05, 0) is 17.7 Å². The molecule has 1 saturated heterocycles. The molecule has 4 rings (SSSR count). The summed E-state index contributed by atoms with van der Waals surface area (Å²) in [5.41, 5.74) is 0.515. The average molecular weight is 464 g/mol. The maximum atomic E-state index is 12.7. The van der Waals surface area contributed by atoms with E-state index in [0.29, 0.717) is 5.56 Å². The first kappa shape index (κ1) is 23.1. The van der Waals surface area contributed by atoms with Crippen molar-refractivity contribution in [3.63, 3.8) is 0 Å². The van der Waals surface area contributed by atoms with Crippen molar-refractivity contribution in [3.05, 3.63) is 41.5 Å². The van der Waals surface area contributed by atoms with E-state index in [9.17, 15) is 35.4 Å². The van der Waals surface area contributed by atoms with Crippen LogP contribution in [0, 0.1) is 0 Å². The highest BCUT2D eigenvalue weighted by atomic mass is 16.7. The highest BCUT2D eigenvalue weighted by Crippen LogP contribution is 2.43. The van der Waals surface area contributed by atoms with Gasteiger partial charge in [-0.2, -0.15) is 0 Å². The number of aliphatic hydroxyl groups excluding tert-OH is 4. The molecule has 2 heterocycles. The number of fused-ring (bicyclic) bond motifs is 1. The number of hydrogen-bond acceptors (Lipinski definition) is 11. The van der Waals surface area contributed by atoms with Gasteiger partial charge in [0.1, 0.15) is 53.3 Å². The highest BCUT2D eigenvalue weighted by molar-refractivity contribution is 6.02. The third kappa shape index (κ3) is 4.28. The Labute approximate surface area is 188 Å². The lowest BCUT2D eigenvalue weighted by Gasteiger charge is -2.39. The first-order chi connectivity index (χ1) is 15.7. The van der Waals surface area contributed by atoms with Gasteiger partial charge in [0.25, 0.3) is 0 Å². The van der Waals surface area contributed by atoms with Gasteiger partial charge in [-0.15, -0.1) is 0 Å². The Bertz CT molecular complexity index is 1040. The molecular formula is C22H24O11. The number of benzene rings is 2. The van der Waals surface area contributed by atoms with E-state index in [4.69, 9.17) is 18.9 Å². The van der Waals surface area contributed by atoms with Gasteiger partial charge in [0.15, 0.2) is 17.3 Å². The Morgan fingerprint density at radius 2 is 1.79 bits per heavy atom. The maximum absolute atomic E-state index is 12.7. The van der Waals surface area contributed by atoms with Gasteiger partial charge in [-0.1, -0.05) is 6.07 Å². The van der Waals surface area contributed by atoms with Crippen molar-refractivity contribution in [2.75, 3.05) is 13.7 Å². The van der Waals surface area contributed by atoms with Crippen LogP contribution in [-0.4, -0.2) is 80.8 Å². The molecule has 2 aromatic carbocycles. The minimum atomic E-state index is -1.65. The molecule has 0 aromatic heterocycles. The molecule has 1 fully saturated rings. The highest BCUT2D eigenvalue weighted by Gasteiger charge is 2.45. The average Bonchev–Trinajstić information content (AvgIpc) is 2.79. The number of phenols is 2. The number of hydrogen-bond donors (Lipinski definition) is 6. The van der Waals surface area contributed by atoms with E-state index in [-0.39, 0.29) is 40.8 Å².